The van der Waals surface area contributed by atoms with Crippen LogP contribution in [0.3, 0.4) is 0 Å². The lowest BCUT2D eigenvalue weighted by molar-refractivity contribution is 0.00401. The first-order valence-electron chi connectivity index (χ1n) is 7.55. The number of hydrogen-bond acceptors (Lipinski definition) is 4. The Kier molecular flexibility index (Phi) is 4.81. The van der Waals surface area contributed by atoms with Crippen molar-refractivity contribution in [2.24, 2.45) is 0 Å². The number of anilines is 1. The molecule has 0 radical (unpaired) electrons. The second-order valence-electron chi connectivity index (χ2n) is 5.65. The van der Waals surface area contributed by atoms with Crippen LogP contribution in [0, 0.1) is 11.6 Å². The topological polar surface area (TPSA) is 73.2 Å². The average Bonchev–Trinajstić information content (AvgIpc) is 2.93. The molecule has 0 spiro atoms. The van der Waals surface area contributed by atoms with Crippen LogP contribution in [-0.2, 0) is 21.3 Å². The average molecular weight is 357 g/mol. The highest BCUT2D eigenvalue weighted by Crippen LogP contribution is 2.19. The summed E-state index contributed by atoms with van der Waals surface area (Å²) in [6.07, 6.45) is 5.99. The summed E-state index contributed by atoms with van der Waals surface area (Å²) >= 11 is 0. The van der Waals surface area contributed by atoms with Gasteiger partial charge in [-0.25, -0.2) is 17.2 Å². The van der Waals surface area contributed by atoms with E-state index in [2.05, 4.69) is 9.82 Å². The number of nitrogens with one attached hydrogen (secondary N) is 1. The minimum absolute atomic E-state index is 0.0559. The Hall–Kier alpha value is -2.00. The summed E-state index contributed by atoms with van der Waals surface area (Å²) < 4.78 is 60.2. The molecule has 24 heavy (non-hydrogen) atoms. The molecular weight excluding hydrogens is 340 g/mol. The van der Waals surface area contributed by atoms with Crippen LogP contribution in [0.2, 0.25) is 0 Å². The van der Waals surface area contributed by atoms with Gasteiger partial charge in [0.25, 0.3) is 10.0 Å². The Morgan fingerprint density at radius 1 is 1.25 bits per heavy atom. The Morgan fingerprint density at radius 2 is 2.00 bits per heavy atom. The van der Waals surface area contributed by atoms with Crippen molar-refractivity contribution in [3.63, 3.8) is 0 Å². The largest absolute Gasteiger partial charge is 0.376 e. The van der Waals surface area contributed by atoms with E-state index < -0.39 is 26.6 Å². The summed E-state index contributed by atoms with van der Waals surface area (Å²) in [7, 11) is -4.09. The summed E-state index contributed by atoms with van der Waals surface area (Å²) in [4.78, 5) is -0.483. The molecule has 1 aliphatic heterocycles. The van der Waals surface area contributed by atoms with E-state index in [0.29, 0.717) is 12.6 Å². The number of nitrogens with zero attached hydrogens (tertiary/aromatic N) is 2. The van der Waals surface area contributed by atoms with Gasteiger partial charge in [-0.15, -0.1) is 0 Å². The monoisotopic (exact) mass is 357 g/mol. The number of rotatable bonds is 5. The SMILES string of the molecule is O=S(=O)(Nc1cnn(CC2CCCCO2)c1)c1cc(F)cc(F)c1. The molecule has 1 aliphatic rings. The van der Waals surface area contributed by atoms with Crippen molar-refractivity contribution in [1.29, 1.82) is 0 Å². The van der Waals surface area contributed by atoms with Crippen LogP contribution in [-0.4, -0.2) is 30.9 Å². The molecule has 1 N–H and O–H groups in total. The molecule has 6 nitrogen and oxygen atoms in total. The predicted molar refractivity (Wildman–Crippen MR) is 83.0 cm³/mol. The maximum absolute atomic E-state index is 13.2. The van der Waals surface area contributed by atoms with Gasteiger partial charge < -0.3 is 4.74 Å². The molecular formula is C15H17F2N3O3S. The number of benzene rings is 1. The summed E-state index contributed by atoms with van der Waals surface area (Å²) in [6, 6.07) is 2.12. The number of hydrogen-bond donors (Lipinski definition) is 1. The second kappa shape index (κ2) is 6.86. The third-order valence-corrected chi connectivity index (χ3v) is 5.06. The normalized spacial score (nSPS) is 18.5. The first-order chi connectivity index (χ1) is 11.4. The maximum atomic E-state index is 13.2. The van der Waals surface area contributed by atoms with Gasteiger partial charge in [0.1, 0.15) is 11.6 Å². The standard InChI is InChI=1S/C15H17F2N3O3S/c16-11-5-12(17)7-15(6-11)24(21,22)19-13-8-18-20(9-13)10-14-3-1-2-4-23-14/h5-9,14,19H,1-4,10H2. The molecule has 2 heterocycles. The molecule has 0 saturated carbocycles. The highest BCUT2D eigenvalue weighted by Gasteiger charge is 2.19. The van der Waals surface area contributed by atoms with Crippen LogP contribution >= 0.6 is 0 Å². The van der Waals surface area contributed by atoms with Gasteiger partial charge in [0, 0.05) is 18.9 Å². The summed E-state index contributed by atoms with van der Waals surface area (Å²) in [5, 5.41) is 4.08. The van der Waals surface area contributed by atoms with Gasteiger partial charge in [-0.05, 0) is 31.4 Å². The molecule has 0 amide bonds. The first kappa shape index (κ1) is 16.8. The van der Waals surface area contributed by atoms with Crippen molar-refractivity contribution in [3.05, 3.63) is 42.2 Å². The Balaban J connectivity index is 1.71. The molecule has 1 fully saturated rings. The molecule has 3 rings (SSSR count). The molecule has 1 aromatic carbocycles. The zero-order valence-electron chi connectivity index (χ0n) is 12.8. The van der Waals surface area contributed by atoms with Crippen LogP contribution in [0.25, 0.3) is 0 Å². The first-order valence-corrected chi connectivity index (χ1v) is 9.04. The van der Waals surface area contributed by atoms with Gasteiger partial charge in [-0.3, -0.25) is 9.40 Å². The summed E-state index contributed by atoms with van der Waals surface area (Å²) in [6.45, 7) is 1.24. The van der Waals surface area contributed by atoms with E-state index in [-0.39, 0.29) is 11.8 Å². The third kappa shape index (κ3) is 4.09. The van der Waals surface area contributed by atoms with Gasteiger partial charge >= 0.3 is 0 Å². The van der Waals surface area contributed by atoms with Gasteiger partial charge in [0.15, 0.2) is 0 Å². The Morgan fingerprint density at radius 3 is 2.67 bits per heavy atom. The predicted octanol–water partition coefficient (Wildman–Crippen LogP) is 2.53. The highest BCUT2D eigenvalue weighted by atomic mass is 32.2. The number of aromatic nitrogens is 2. The van der Waals surface area contributed by atoms with E-state index in [4.69, 9.17) is 4.74 Å². The fraction of sp³-hybridized carbons (Fsp3) is 0.400. The van der Waals surface area contributed by atoms with Crippen LogP contribution in [0.5, 0.6) is 0 Å². The molecule has 1 atom stereocenters. The highest BCUT2D eigenvalue weighted by molar-refractivity contribution is 7.92. The van der Waals surface area contributed by atoms with Crippen molar-refractivity contribution in [3.8, 4) is 0 Å². The van der Waals surface area contributed by atoms with E-state index in [1.807, 2.05) is 0 Å². The maximum Gasteiger partial charge on any atom is 0.262 e. The van der Waals surface area contributed by atoms with E-state index in [9.17, 15) is 17.2 Å². The van der Waals surface area contributed by atoms with Gasteiger partial charge in [-0.1, -0.05) is 0 Å². The fourth-order valence-electron chi connectivity index (χ4n) is 2.57. The van der Waals surface area contributed by atoms with Crippen LogP contribution in [0.1, 0.15) is 19.3 Å². The molecule has 2 aromatic rings. The van der Waals surface area contributed by atoms with Crippen LogP contribution in [0.4, 0.5) is 14.5 Å². The third-order valence-electron chi connectivity index (χ3n) is 3.70. The van der Waals surface area contributed by atoms with E-state index in [0.717, 1.165) is 38.0 Å². The molecule has 1 aromatic heterocycles. The van der Waals surface area contributed by atoms with Crippen LogP contribution in [0.15, 0.2) is 35.5 Å². The van der Waals surface area contributed by atoms with Crippen molar-refractivity contribution in [2.75, 3.05) is 11.3 Å². The van der Waals surface area contributed by atoms with E-state index in [1.165, 1.54) is 12.4 Å². The summed E-state index contributed by atoms with van der Waals surface area (Å²) in [5.74, 6) is -1.92. The molecule has 0 aliphatic carbocycles. The lowest BCUT2D eigenvalue weighted by Gasteiger charge is -2.22. The van der Waals surface area contributed by atoms with Gasteiger partial charge in [0.2, 0.25) is 0 Å². The van der Waals surface area contributed by atoms with Crippen molar-refractivity contribution < 1.29 is 21.9 Å². The van der Waals surface area contributed by atoms with E-state index >= 15 is 0 Å². The minimum atomic E-state index is -4.09. The quantitative estimate of drug-likeness (QED) is 0.892. The Bertz CT molecular complexity index is 797. The van der Waals surface area contributed by atoms with Crippen molar-refractivity contribution in [1.82, 2.24) is 9.78 Å². The zero-order chi connectivity index (χ0) is 17.2. The van der Waals surface area contributed by atoms with Gasteiger partial charge in [-0.2, -0.15) is 5.10 Å². The molecule has 9 heteroatoms. The molecule has 130 valence electrons. The number of ether oxygens (including phenoxy) is 1. The van der Waals surface area contributed by atoms with Crippen molar-refractivity contribution in [2.45, 2.75) is 36.8 Å². The molecule has 0 bridgehead atoms. The van der Waals surface area contributed by atoms with Crippen molar-refractivity contribution >= 4 is 15.7 Å². The molecule has 1 unspecified atom stereocenters. The second-order valence-corrected chi connectivity index (χ2v) is 7.33. The molecule has 1 saturated heterocycles. The zero-order valence-corrected chi connectivity index (χ0v) is 13.6. The number of halogens is 2. The Labute approximate surface area is 138 Å². The van der Waals surface area contributed by atoms with Gasteiger partial charge in [0.05, 0.1) is 29.4 Å². The lowest BCUT2D eigenvalue weighted by Crippen LogP contribution is -2.24. The van der Waals surface area contributed by atoms with Crippen LogP contribution < -0.4 is 4.72 Å². The fourth-order valence-corrected chi connectivity index (χ4v) is 3.64. The summed E-state index contributed by atoms with van der Waals surface area (Å²) in [5.41, 5.74) is 0.218. The minimum Gasteiger partial charge on any atom is -0.376 e. The van der Waals surface area contributed by atoms with E-state index in [1.54, 1.807) is 4.68 Å². The smallest absolute Gasteiger partial charge is 0.262 e. The number of sulfonamides is 1. The lowest BCUT2D eigenvalue weighted by atomic mass is 10.1.